The molecule has 0 N–H and O–H groups in total. The van der Waals surface area contributed by atoms with Gasteiger partial charge in [-0.15, -0.1) is 0 Å². The fourth-order valence-electron chi connectivity index (χ4n) is 0.249. The zero-order chi connectivity index (χ0) is 5.98. The molecule has 1 heterocycles. The number of hydrogen-bond donors (Lipinski definition) is 0. The van der Waals surface area contributed by atoms with E-state index in [0.717, 1.165) is 11.7 Å². The Hall–Kier alpha value is 0.486. The van der Waals surface area contributed by atoms with Crippen LogP contribution in [0.2, 0.25) is 0 Å². The van der Waals surface area contributed by atoms with Crippen molar-refractivity contribution in [2.75, 3.05) is 0 Å². The van der Waals surface area contributed by atoms with Crippen LogP contribution in [0.25, 0.3) is 0 Å². The van der Waals surface area contributed by atoms with Crippen molar-refractivity contribution < 1.29 is 56.5 Å². The van der Waals surface area contributed by atoms with E-state index in [1.807, 2.05) is 0 Å². The maximum absolute atomic E-state index is 10.3. The molecule has 0 saturated carbocycles. The van der Waals surface area contributed by atoms with Crippen LogP contribution in [0.15, 0.2) is 0 Å². The minimum absolute atomic E-state index is 0. The molecule has 1 aromatic heterocycles. The van der Waals surface area contributed by atoms with Gasteiger partial charge in [0.15, 0.2) is 5.69 Å². The third kappa shape index (κ3) is 2.29. The third-order valence-corrected chi connectivity index (χ3v) is 1.08. The van der Waals surface area contributed by atoms with Gasteiger partial charge < -0.3 is 5.11 Å². The summed E-state index contributed by atoms with van der Waals surface area (Å²) in [6, 6.07) is 1.60. The fourth-order valence-corrected chi connectivity index (χ4v) is 0.651. The molecule has 0 radical (unpaired) electrons. The minimum atomic E-state index is -0.530. The number of rotatable bonds is 0. The van der Waals surface area contributed by atoms with Crippen molar-refractivity contribution in [2.45, 2.75) is 0 Å². The Morgan fingerprint density at radius 3 is 2.44 bits per heavy atom. The first kappa shape index (κ1) is 9.49. The minimum Gasteiger partial charge on any atom is -0.856 e. The monoisotopic (exact) mass is 165 g/mol. The van der Waals surface area contributed by atoms with Crippen molar-refractivity contribution in [3.8, 4) is 11.9 Å². The van der Waals surface area contributed by atoms with E-state index in [2.05, 4.69) is 8.75 Å². The SMILES string of the molecule is N#Cc1nsnc1[O-].[K+]. The number of nitriles is 1. The first-order chi connectivity index (χ1) is 3.84. The first-order valence-corrected chi connectivity index (χ1v) is 2.47. The van der Waals surface area contributed by atoms with Crippen LogP contribution in [0.4, 0.5) is 0 Å². The molecule has 9 heavy (non-hydrogen) atoms. The molecule has 0 spiro atoms. The summed E-state index contributed by atoms with van der Waals surface area (Å²) in [5, 5.41) is 18.3. The Kier molecular flexibility index (Phi) is 4.56. The maximum Gasteiger partial charge on any atom is 1.00 e. The molecule has 0 aliphatic rings. The summed E-state index contributed by atoms with van der Waals surface area (Å²) in [5.41, 5.74) is -0.116. The van der Waals surface area contributed by atoms with Crippen LogP contribution in [0.1, 0.15) is 5.69 Å². The van der Waals surface area contributed by atoms with Crippen molar-refractivity contribution in [1.82, 2.24) is 8.75 Å². The number of nitrogens with zero attached hydrogens (tertiary/aromatic N) is 3. The van der Waals surface area contributed by atoms with Gasteiger partial charge in [-0.2, -0.15) is 14.0 Å². The summed E-state index contributed by atoms with van der Waals surface area (Å²) < 4.78 is 6.63. The molecule has 0 saturated heterocycles. The van der Waals surface area contributed by atoms with Gasteiger partial charge in [0.2, 0.25) is 0 Å². The van der Waals surface area contributed by atoms with E-state index in [1.165, 1.54) is 0 Å². The molecule has 0 unspecified atom stereocenters. The summed E-state index contributed by atoms with van der Waals surface area (Å²) in [4.78, 5) is 0. The van der Waals surface area contributed by atoms with Crippen LogP contribution in [-0.4, -0.2) is 8.75 Å². The normalized spacial score (nSPS) is 7.44. The molecule has 0 amide bonds. The van der Waals surface area contributed by atoms with Crippen LogP contribution in [0.5, 0.6) is 5.88 Å². The first-order valence-electron chi connectivity index (χ1n) is 1.74. The topological polar surface area (TPSA) is 72.6 Å². The van der Waals surface area contributed by atoms with Gasteiger partial charge in [0.1, 0.15) is 6.07 Å². The Morgan fingerprint density at radius 2 is 2.22 bits per heavy atom. The van der Waals surface area contributed by atoms with Crippen molar-refractivity contribution in [3.63, 3.8) is 0 Å². The third-order valence-electron chi connectivity index (χ3n) is 0.564. The Balaban J connectivity index is 0.000000640. The van der Waals surface area contributed by atoms with Crippen LogP contribution in [0.3, 0.4) is 0 Å². The second kappa shape index (κ2) is 4.33. The van der Waals surface area contributed by atoms with E-state index in [1.54, 1.807) is 6.07 Å². The van der Waals surface area contributed by atoms with E-state index < -0.39 is 5.88 Å². The van der Waals surface area contributed by atoms with Crippen molar-refractivity contribution >= 4 is 11.7 Å². The van der Waals surface area contributed by atoms with E-state index in [9.17, 15) is 5.11 Å². The molecule has 0 atom stereocenters. The van der Waals surface area contributed by atoms with Gasteiger partial charge in [-0.1, -0.05) is 0 Å². The Morgan fingerprint density at radius 1 is 1.56 bits per heavy atom. The summed E-state index contributed by atoms with van der Waals surface area (Å²) in [7, 11) is 0. The summed E-state index contributed by atoms with van der Waals surface area (Å²) in [5.74, 6) is -0.530. The van der Waals surface area contributed by atoms with Gasteiger partial charge in [0, 0.05) is 5.88 Å². The number of aromatic nitrogens is 2. The predicted octanol–water partition coefficient (Wildman–Crippen LogP) is -3.51. The second-order valence-corrected chi connectivity index (χ2v) is 1.56. The maximum atomic E-state index is 10.3. The van der Waals surface area contributed by atoms with E-state index >= 15 is 0 Å². The molecule has 0 fully saturated rings. The summed E-state index contributed by atoms with van der Waals surface area (Å²) >= 11 is 0.756. The molecule has 0 bridgehead atoms. The largest absolute Gasteiger partial charge is 1.00 e. The molecule has 1 aromatic rings. The van der Waals surface area contributed by atoms with Crippen LogP contribution >= 0.6 is 11.7 Å². The average molecular weight is 165 g/mol. The quantitative estimate of drug-likeness (QED) is 0.374. The smallest absolute Gasteiger partial charge is 0.856 e. The Bertz CT molecular complexity index is 229. The van der Waals surface area contributed by atoms with Gasteiger partial charge in [0.05, 0.1) is 11.7 Å². The summed E-state index contributed by atoms with van der Waals surface area (Å²) in [6.07, 6.45) is 0. The molecule has 0 aromatic carbocycles. The van der Waals surface area contributed by atoms with Gasteiger partial charge in [-0.3, -0.25) is 0 Å². The molecule has 0 aliphatic heterocycles. The molecular formula is C3KN3OS. The van der Waals surface area contributed by atoms with Crippen molar-refractivity contribution in [3.05, 3.63) is 5.69 Å². The van der Waals surface area contributed by atoms with Crippen LogP contribution in [0, 0.1) is 11.3 Å². The molecule has 4 nitrogen and oxygen atoms in total. The zero-order valence-corrected chi connectivity index (χ0v) is 8.60. The molecule has 6 heteroatoms. The molecule has 40 valence electrons. The van der Waals surface area contributed by atoms with Crippen LogP contribution < -0.4 is 56.5 Å². The second-order valence-electron chi connectivity index (χ2n) is 1.03. The van der Waals surface area contributed by atoms with E-state index in [4.69, 9.17) is 5.26 Å². The van der Waals surface area contributed by atoms with Gasteiger partial charge in [-0.05, 0) is 0 Å². The van der Waals surface area contributed by atoms with E-state index in [0.29, 0.717) is 0 Å². The van der Waals surface area contributed by atoms with Crippen molar-refractivity contribution in [1.29, 1.82) is 5.26 Å². The van der Waals surface area contributed by atoms with Crippen molar-refractivity contribution in [2.24, 2.45) is 0 Å². The molecule has 1 rings (SSSR count). The molecule has 0 aliphatic carbocycles. The average Bonchev–Trinajstić information content (AvgIpc) is 2.14. The van der Waals surface area contributed by atoms with Crippen LogP contribution in [-0.2, 0) is 0 Å². The zero-order valence-electron chi connectivity index (χ0n) is 4.66. The standard InChI is InChI=1S/C3HN3OS.K/c4-1-2-3(7)6-8-5-2;/h(H,6,7);/q;+1/p-1. The fraction of sp³-hybridized carbons (Fsp3) is 0. The van der Waals surface area contributed by atoms with E-state index in [-0.39, 0.29) is 57.1 Å². The Labute approximate surface area is 98.3 Å². The predicted molar refractivity (Wildman–Crippen MR) is 24.1 cm³/mol. The van der Waals surface area contributed by atoms with Gasteiger partial charge >= 0.3 is 51.4 Å². The van der Waals surface area contributed by atoms with Gasteiger partial charge in [-0.25, -0.2) is 0 Å². The number of hydrogen-bond acceptors (Lipinski definition) is 5. The summed E-state index contributed by atoms with van der Waals surface area (Å²) in [6.45, 7) is 0. The molecular weight excluding hydrogens is 165 g/mol. The van der Waals surface area contributed by atoms with Gasteiger partial charge in [0.25, 0.3) is 0 Å².